The van der Waals surface area contributed by atoms with Crippen LogP contribution in [0.15, 0.2) is 12.7 Å². The lowest BCUT2D eigenvalue weighted by atomic mass is 10.1. The zero-order chi connectivity index (χ0) is 10.4. The third-order valence-corrected chi connectivity index (χ3v) is 2.03. The zero-order valence-corrected chi connectivity index (χ0v) is 8.03. The third kappa shape index (κ3) is 3.60. The van der Waals surface area contributed by atoms with Crippen LogP contribution >= 0.6 is 0 Å². The van der Waals surface area contributed by atoms with Gasteiger partial charge in [0.2, 0.25) is 0 Å². The van der Waals surface area contributed by atoms with E-state index in [2.05, 4.69) is 6.58 Å². The number of carbonyl (C=O) groups is 2. The normalized spacial score (nSPS) is 22.0. The Morgan fingerprint density at radius 1 is 1.64 bits per heavy atom. The summed E-state index contributed by atoms with van der Waals surface area (Å²) < 4.78 is 9.86. The predicted octanol–water partition coefficient (Wildman–Crippen LogP) is 1.20. The number of rotatable bonds is 3. The van der Waals surface area contributed by atoms with E-state index in [9.17, 15) is 9.59 Å². The Morgan fingerprint density at radius 3 is 3.14 bits per heavy atom. The van der Waals surface area contributed by atoms with Crippen molar-refractivity contribution in [2.24, 2.45) is 0 Å². The summed E-state index contributed by atoms with van der Waals surface area (Å²) in [6, 6.07) is 0. The largest absolute Gasteiger partial charge is 0.459 e. The maximum atomic E-state index is 11.0. The molecule has 1 unspecified atom stereocenters. The Labute approximate surface area is 82.9 Å². The lowest BCUT2D eigenvalue weighted by Crippen LogP contribution is -2.22. The molecule has 1 fully saturated rings. The van der Waals surface area contributed by atoms with Crippen molar-refractivity contribution in [2.75, 3.05) is 6.61 Å². The van der Waals surface area contributed by atoms with Gasteiger partial charge in [0.25, 0.3) is 0 Å². The van der Waals surface area contributed by atoms with Gasteiger partial charge in [0.15, 0.2) is 0 Å². The van der Waals surface area contributed by atoms with Gasteiger partial charge in [0.05, 0.1) is 0 Å². The molecule has 14 heavy (non-hydrogen) atoms. The van der Waals surface area contributed by atoms with Gasteiger partial charge in [-0.2, -0.15) is 0 Å². The van der Waals surface area contributed by atoms with Crippen LogP contribution in [0.1, 0.15) is 25.7 Å². The molecule has 4 heteroatoms. The van der Waals surface area contributed by atoms with Gasteiger partial charge in [0.1, 0.15) is 12.7 Å². The minimum Gasteiger partial charge on any atom is -0.459 e. The fraction of sp³-hybridized carbons (Fsp3) is 0.600. The topological polar surface area (TPSA) is 52.6 Å². The summed E-state index contributed by atoms with van der Waals surface area (Å²) in [6.07, 6.45) is 3.82. The van der Waals surface area contributed by atoms with Gasteiger partial charge in [0, 0.05) is 12.5 Å². The first-order chi connectivity index (χ1) is 6.72. The Hall–Kier alpha value is -1.32. The summed E-state index contributed by atoms with van der Waals surface area (Å²) >= 11 is 0. The average molecular weight is 198 g/mol. The van der Waals surface area contributed by atoms with Gasteiger partial charge in [-0.15, -0.1) is 0 Å². The lowest BCUT2D eigenvalue weighted by Gasteiger charge is -2.13. The second-order valence-electron chi connectivity index (χ2n) is 3.19. The number of hydrogen-bond donors (Lipinski definition) is 0. The fourth-order valence-corrected chi connectivity index (χ4v) is 1.30. The van der Waals surface area contributed by atoms with E-state index < -0.39 is 5.97 Å². The van der Waals surface area contributed by atoms with Gasteiger partial charge in [-0.1, -0.05) is 6.58 Å². The van der Waals surface area contributed by atoms with Gasteiger partial charge in [-0.3, -0.25) is 4.79 Å². The minimum atomic E-state index is -0.481. The SMILES string of the molecule is C=CC(=O)OCC1CCCCC(=O)O1. The molecule has 0 spiro atoms. The molecule has 4 nitrogen and oxygen atoms in total. The molecule has 0 aromatic carbocycles. The molecule has 1 aliphatic heterocycles. The zero-order valence-electron chi connectivity index (χ0n) is 8.03. The number of cyclic esters (lactones) is 1. The van der Waals surface area contributed by atoms with Crippen LogP contribution in [-0.4, -0.2) is 24.6 Å². The molecule has 0 aliphatic carbocycles. The molecule has 0 saturated carbocycles. The van der Waals surface area contributed by atoms with Crippen LogP contribution in [-0.2, 0) is 19.1 Å². The monoisotopic (exact) mass is 198 g/mol. The van der Waals surface area contributed by atoms with E-state index in [1.165, 1.54) is 0 Å². The molecule has 0 aromatic heterocycles. The van der Waals surface area contributed by atoms with Crippen LogP contribution < -0.4 is 0 Å². The van der Waals surface area contributed by atoms with E-state index in [1.54, 1.807) is 0 Å². The molecule has 1 atom stereocenters. The van der Waals surface area contributed by atoms with Crippen molar-refractivity contribution in [2.45, 2.75) is 31.8 Å². The molecule has 0 bridgehead atoms. The first-order valence-corrected chi connectivity index (χ1v) is 4.71. The first-order valence-electron chi connectivity index (χ1n) is 4.71. The summed E-state index contributed by atoms with van der Waals surface area (Å²) in [5.74, 6) is -0.688. The van der Waals surface area contributed by atoms with E-state index in [-0.39, 0.29) is 18.7 Å². The van der Waals surface area contributed by atoms with Crippen LogP contribution in [0.3, 0.4) is 0 Å². The highest BCUT2D eigenvalue weighted by Crippen LogP contribution is 2.14. The number of ether oxygens (including phenoxy) is 2. The van der Waals surface area contributed by atoms with Crippen LogP contribution in [0.25, 0.3) is 0 Å². The second kappa shape index (κ2) is 5.42. The van der Waals surface area contributed by atoms with E-state index in [0.717, 1.165) is 25.3 Å². The Morgan fingerprint density at radius 2 is 2.43 bits per heavy atom. The Bertz CT molecular complexity index is 234. The molecule has 1 aliphatic rings. The first kappa shape index (κ1) is 10.8. The standard InChI is InChI=1S/C10H14O4/c1-2-9(11)13-7-8-5-3-4-6-10(12)14-8/h2,8H,1,3-7H2. The molecule has 0 radical (unpaired) electrons. The predicted molar refractivity (Wildman–Crippen MR) is 49.5 cm³/mol. The third-order valence-electron chi connectivity index (χ3n) is 2.03. The van der Waals surface area contributed by atoms with Gasteiger partial charge in [-0.25, -0.2) is 4.79 Å². The molecule has 0 amide bonds. The van der Waals surface area contributed by atoms with Gasteiger partial charge in [-0.05, 0) is 19.3 Å². The van der Waals surface area contributed by atoms with Crippen LogP contribution in [0, 0.1) is 0 Å². The molecule has 1 saturated heterocycles. The van der Waals surface area contributed by atoms with E-state index >= 15 is 0 Å². The van der Waals surface area contributed by atoms with Crippen molar-refractivity contribution in [3.05, 3.63) is 12.7 Å². The van der Waals surface area contributed by atoms with Crippen molar-refractivity contribution in [3.63, 3.8) is 0 Å². The summed E-state index contributed by atoms with van der Waals surface area (Å²) in [6.45, 7) is 3.41. The highest BCUT2D eigenvalue weighted by Gasteiger charge is 2.19. The van der Waals surface area contributed by atoms with E-state index in [0.29, 0.717) is 6.42 Å². The molecule has 78 valence electrons. The van der Waals surface area contributed by atoms with E-state index in [1.807, 2.05) is 0 Å². The smallest absolute Gasteiger partial charge is 0.330 e. The van der Waals surface area contributed by atoms with Crippen LogP contribution in [0.5, 0.6) is 0 Å². The summed E-state index contributed by atoms with van der Waals surface area (Å²) in [5.41, 5.74) is 0. The number of hydrogen-bond acceptors (Lipinski definition) is 4. The highest BCUT2D eigenvalue weighted by atomic mass is 16.6. The molecule has 1 rings (SSSR count). The Balaban J connectivity index is 2.31. The van der Waals surface area contributed by atoms with Crippen molar-refractivity contribution in [3.8, 4) is 0 Å². The fourth-order valence-electron chi connectivity index (χ4n) is 1.30. The highest BCUT2D eigenvalue weighted by molar-refractivity contribution is 5.81. The molecule has 0 N–H and O–H groups in total. The summed E-state index contributed by atoms with van der Waals surface area (Å²) in [5, 5.41) is 0. The second-order valence-corrected chi connectivity index (χ2v) is 3.19. The lowest BCUT2D eigenvalue weighted by molar-refractivity contribution is -0.155. The molecule has 0 aromatic rings. The van der Waals surface area contributed by atoms with E-state index in [4.69, 9.17) is 9.47 Å². The minimum absolute atomic E-state index is 0.136. The summed E-state index contributed by atoms with van der Waals surface area (Å²) in [4.78, 5) is 21.8. The van der Waals surface area contributed by atoms with Crippen LogP contribution in [0.2, 0.25) is 0 Å². The molecule has 1 heterocycles. The van der Waals surface area contributed by atoms with Crippen molar-refractivity contribution in [1.29, 1.82) is 0 Å². The van der Waals surface area contributed by atoms with Gasteiger partial charge < -0.3 is 9.47 Å². The quantitative estimate of drug-likeness (QED) is 0.505. The van der Waals surface area contributed by atoms with Crippen molar-refractivity contribution < 1.29 is 19.1 Å². The maximum absolute atomic E-state index is 11.0. The molecular formula is C10H14O4. The Kier molecular flexibility index (Phi) is 4.16. The summed E-state index contributed by atoms with van der Waals surface area (Å²) in [7, 11) is 0. The van der Waals surface area contributed by atoms with Gasteiger partial charge >= 0.3 is 11.9 Å². The maximum Gasteiger partial charge on any atom is 0.330 e. The van der Waals surface area contributed by atoms with Crippen molar-refractivity contribution in [1.82, 2.24) is 0 Å². The van der Waals surface area contributed by atoms with Crippen LogP contribution in [0.4, 0.5) is 0 Å². The number of esters is 2. The molecular weight excluding hydrogens is 184 g/mol. The average Bonchev–Trinajstić information content (AvgIpc) is 2.39. The van der Waals surface area contributed by atoms with Crippen molar-refractivity contribution >= 4 is 11.9 Å². The number of carbonyl (C=O) groups excluding carboxylic acids is 2.